The minimum Gasteiger partial charge on any atom is -0.497 e. The minimum absolute atomic E-state index is 0.00170. The Morgan fingerprint density at radius 2 is 1.34 bits per heavy atom. The zero-order chi connectivity index (χ0) is 24.7. The number of nitrogens with zero attached hydrogens (tertiary/aromatic N) is 4. The number of anilines is 5. The average Bonchev–Trinajstić information content (AvgIpc) is 2.85. The lowest BCUT2D eigenvalue weighted by Gasteiger charge is -2.11. The van der Waals surface area contributed by atoms with Gasteiger partial charge in [-0.1, -0.05) is 30.3 Å². The first-order valence-electron chi connectivity index (χ1n) is 10.3. The van der Waals surface area contributed by atoms with Crippen molar-refractivity contribution in [3.63, 3.8) is 0 Å². The number of sulfonamides is 1. The van der Waals surface area contributed by atoms with Crippen molar-refractivity contribution in [3.05, 3.63) is 84.4 Å². The molecule has 0 fully saturated rings. The highest BCUT2D eigenvalue weighted by molar-refractivity contribution is 7.89. The topological polar surface area (TPSA) is 157 Å². The third kappa shape index (κ3) is 6.72. The predicted molar refractivity (Wildman–Crippen MR) is 135 cm³/mol. The molecule has 0 amide bonds. The lowest BCUT2D eigenvalue weighted by Crippen LogP contribution is -2.12. The molecule has 0 saturated carbocycles. The van der Waals surface area contributed by atoms with Gasteiger partial charge in [-0.05, 0) is 54.1 Å². The number of hydrogen-bond donors (Lipinski definition) is 4. The summed E-state index contributed by atoms with van der Waals surface area (Å²) in [6.07, 6.45) is 1.64. The van der Waals surface area contributed by atoms with Crippen LogP contribution >= 0.6 is 0 Å². The number of hydrogen-bond acceptors (Lipinski definition) is 10. The maximum atomic E-state index is 11.5. The average molecular weight is 491 g/mol. The molecule has 1 aromatic heterocycles. The number of hydrazone groups is 1. The third-order valence-electron chi connectivity index (χ3n) is 4.60. The summed E-state index contributed by atoms with van der Waals surface area (Å²) in [5.74, 6) is 1.36. The summed E-state index contributed by atoms with van der Waals surface area (Å²) >= 11 is 0. The molecule has 0 aliphatic carbocycles. The van der Waals surface area contributed by atoms with Crippen LogP contribution < -0.4 is 25.9 Å². The van der Waals surface area contributed by atoms with Crippen LogP contribution in [0.1, 0.15) is 5.56 Å². The van der Waals surface area contributed by atoms with Gasteiger partial charge in [0.2, 0.25) is 27.9 Å². The van der Waals surface area contributed by atoms with Crippen molar-refractivity contribution in [2.24, 2.45) is 10.2 Å². The van der Waals surface area contributed by atoms with Gasteiger partial charge < -0.3 is 15.4 Å². The van der Waals surface area contributed by atoms with E-state index in [1.54, 1.807) is 37.6 Å². The molecule has 5 N–H and O–H groups in total. The van der Waals surface area contributed by atoms with Gasteiger partial charge in [0, 0.05) is 11.4 Å². The van der Waals surface area contributed by atoms with Crippen LogP contribution in [0.5, 0.6) is 5.75 Å². The van der Waals surface area contributed by atoms with Crippen LogP contribution in [0.2, 0.25) is 0 Å². The van der Waals surface area contributed by atoms with Crippen molar-refractivity contribution >= 4 is 45.5 Å². The molecular formula is C23H22N8O3S. The van der Waals surface area contributed by atoms with Gasteiger partial charge in [-0.15, -0.1) is 0 Å². The summed E-state index contributed by atoms with van der Waals surface area (Å²) in [7, 11) is -2.20. The molecule has 0 aliphatic rings. The SMILES string of the molecule is COc1ccc(Nc2nc(N/N=C/c3ccccc3)nc(Nc3ccc(S(N)(=O)=O)cc3)n2)cc1. The monoisotopic (exact) mass is 490 g/mol. The maximum Gasteiger partial charge on any atom is 0.250 e. The number of benzene rings is 3. The van der Waals surface area contributed by atoms with E-state index in [1.165, 1.54) is 12.1 Å². The van der Waals surface area contributed by atoms with Gasteiger partial charge in [-0.3, -0.25) is 0 Å². The van der Waals surface area contributed by atoms with E-state index in [0.717, 1.165) is 11.3 Å². The fraction of sp³-hybridized carbons (Fsp3) is 0.0435. The molecule has 0 radical (unpaired) electrons. The fourth-order valence-electron chi connectivity index (χ4n) is 2.90. The van der Waals surface area contributed by atoms with Crippen LogP contribution in [0.15, 0.2) is 88.9 Å². The predicted octanol–water partition coefficient (Wildman–Crippen LogP) is 3.46. The lowest BCUT2D eigenvalue weighted by molar-refractivity contribution is 0.415. The van der Waals surface area contributed by atoms with Crippen LogP contribution in [0.3, 0.4) is 0 Å². The Labute approximate surface area is 202 Å². The fourth-order valence-corrected chi connectivity index (χ4v) is 3.42. The number of methoxy groups -OCH3 is 1. The smallest absolute Gasteiger partial charge is 0.250 e. The standard InChI is InChI=1S/C23H22N8O3S/c1-34-19-11-7-17(8-12-19)26-21-28-22(27-18-9-13-20(14-10-18)35(24,32)33)30-23(29-21)31-25-15-16-5-3-2-4-6-16/h2-15H,1H3,(H2,24,32,33)(H3,26,27,28,29,30,31)/b25-15+. The first kappa shape index (κ1) is 23.6. The summed E-state index contributed by atoms with van der Waals surface area (Å²) < 4.78 is 28.2. The molecule has 35 heavy (non-hydrogen) atoms. The maximum absolute atomic E-state index is 11.5. The van der Waals surface area contributed by atoms with E-state index in [4.69, 9.17) is 9.88 Å². The van der Waals surface area contributed by atoms with Crippen molar-refractivity contribution in [1.29, 1.82) is 0 Å². The van der Waals surface area contributed by atoms with E-state index in [-0.39, 0.29) is 22.7 Å². The summed E-state index contributed by atoms with van der Waals surface area (Å²) in [6, 6.07) is 22.7. The highest BCUT2D eigenvalue weighted by atomic mass is 32.2. The number of primary sulfonamides is 1. The molecule has 0 unspecified atom stereocenters. The first-order valence-corrected chi connectivity index (χ1v) is 11.8. The Kier molecular flexibility index (Phi) is 7.14. The van der Waals surface area contributed by atoms with Gasteiger partial charge in [0.15, 0.2) is 0 Å². The second-order valence-electron chi connectivity index (χ2n) is 7.13. The molecule has 0 saturated heterocycles. The summed E-state index contributed by atoms with van der Waals surface area (Å²) in [6.45, 7) is 0. The van der Waals surface area contributed by atoms with E-state index in [9.17, 15) is 8.42 Å². The molecule has 0 bridgehead atoms. The molecule has 1 heterocycles. The molecule has 178 valence electrons. The van der Waals surface area contributed by atoms with Gasteiger partial charge in [-0.25, -0.2) is 19.0 Å². The first-order chi connectivity index (χ1) is 16.9. The van der Waals surface area contributed by atoms with E-state index in [0.29, 0.717) is 11.4 Å². The lowest BCUT2D eigenvalue weighted by atomic mass is 10.2. The molecule has 0 atom stereocenters. The zero-order valence-electron chi connectivity index (χ0n) is 18.6. The van der Waals surface area contributed by atoms with Crippen LogP contribution in [-0.2, 0) is 10.0 Å². The normalized spacial score (nSPS) is 11.3. The van der Waals surface area contributed by atoms with Crippen molar-refractivity contribution in [1.82, 2.24) is 15.0 Å². The Hall–Kier alpha value is -4.55. The Balaban J connectivity index is 1.58. The molecule has 4 rings (SSSR count). The largest absolute Gasteiger partial charge is 0.497 e. The minimum atomic E-state index is -3.79. The van der Waals surface area contributed by atoms with Crippen LogP contribution in [-0.4, -0.2) is 36.7 Å². The number of rotatable bonds is 9. The van der Waals surface area contributed by atoms with Crippen molar-refractivity contribution < 1.29 is 13.2 Å². The highest BCUT2D eigenvalue weighted by Gasteiger charge is 2.10. The number of aromatic nitrogens is 3. The summed E-state index contributed by atoms with van der Waals surface area (Å²) in [4.78, 5) is 13.1. The van der Waals surface area contributed by atoms with E-state index >= 15 is 0 Å². The molecule has 11 nitrogen and oxygen atoms in total. The molecule has 0 aliphatic heterocycles. The van der Waals surface area contributed by atoms with Crippen LogP contribution in [0, 0.1) is 0 Å². The Morgan fingerprint density at radius 3 is 1.89 bits per heavy atom. The number of ether oxygens (including phenoxy) is 1. The van der Waals surface area contributed by atoms with Crippen molar-refractivity contribution in [3.8, 4) is 5.75 Å². The molecule has 4 aromatic rings. The van der Waals surface area contributed by atoms with Crippen LogP contribution in [0.25, 0.3) is 0 Å². The summed E-state index contributed by atoms with van der Waals surface area (Å²) in [5.41, 5.74) is 4.99. The molecule has 0 spiro atoms. The molecule has 12 heteroatoms. The van der Waals surface area contributed by atoms with Gasteiger partial charge in [0.25, 0.3) is 0 Å². The quantitative estimate of drug-likeness (QED) is 0.204. The van der Waals surface area contributed by atoms with Gasteiger partial charge in [0.1, 0.15) is 5.75 Å². The highest BCUT2D eigenvalue weighted by Crippen LogP contribution is 2.21. The number of nitrogens with two attached hydrogens (primary N) is 1. The van der Waals surface area contributed by atoms with Crippen molar-refractivity contribution in [2.45, 2.75) is 4.90 Å². The number of nitrogens with one attached hydrogen (secondary N) is 3. The summed E-state index contributed by atoms with van der Waals surface area (Å²) in [5, 5.41) is 15.5. The van der Waals surface area contributed by atoms with Gasteiger partial charge in [-0.2, -0.15) is 20.1 Å². The van der Waals surface area contributed by atoms with E-state index < -0.39 is 10.0 Å². The van der Waals surface area contributed by atoms with Crippen molar-refractivity contribution in [2.75, 3.05) is 23.2 Å². The van der Waals surface area contributed by atoms with Gasteiger partial charge in [0.05, 0.1) is 18.2 Å². The van der Waals surface area contributed by atoms with Gasteiger partial charge >= 0.3 is 0 Å². The second kappa shape index (κ2) is 10.6. The molecular weight excluding hydrogens is 468 g/mol. The van der Waals surface area contributed by atoms with E-state index in [2.05, 4.69) is 36.1 Å². The van der Waals surface area contributed by atoms with E-state index in [1.807, 2.05) is 42.5 Å². The third-order valence-corrected chi connectivity index (χ3v) is 5.53. The second-order valence-corrected chi connectivity index (χ2v) is 8.70. The van der Waals surface area contributed by atoms with Crippen LogP contribution in [0.4, 0.5) is 29.2 Å². The zero-order valence-corrected chi connectivity index (χ0v) is 19.4. The Morgan fingerprint density at radius 1 is 0.800 bits per heavy atom. The molecule has 3 aromatic carbocycles. The Bertz CT molecular complexity index is 1410.